The molecular formula is C31H34ClN3O3S. The predicted molar refractivity (Wildman–Crippen MR) is 161 cm³/mol. The second-order valence-electron chi connectivity index (χ2n) is 9.39. The molecule has 3 aromatic rings. The van der Waals surface area contributed by atoms with Crippen molar-refractivity contribution in [3.05, 3.63) is 89.4 Å². The Bertz CT molecular complexity index is 1270. The lowest BCUT2D eigenvalue weighted by Gasteiger charge is -2.32. The minimum Gasteiger partial charge on any atom is -0.494 e. The number of amidine groups is 1. The van der Waals surface area contributed by atoms with E-state index in [1.807, 2.05) is 66.7 Å². The number of unbranched alkanes of at least 4 members (excludes halogenated alkanes) is 3. The summed E-state index contributed by atoms with van der Waals surface area (Å²) in [5, 5.41) is 3.40. The summed E-state index contributed by atoms with van der Waals surface area (Å²) < 4.78 is 5.80. The normalized spacial score (nSPS) is 16.4. The highest BCUT2D eigenvalue weighted by molar-refractivity contribution is 8.15. The van der Waals surface area contributed by atoms with Crippen LogP contribution in [0, 0.1) is 0 Å². The van der Waals surface area contributed by atoms with Crippen LogP contribution in [0.1, 0.15) is 44.6 Å². The van der Waals surface area contributed by atoms with Crippen molar-refractivity contribution in [2.45, 2.75) is 50.7 Å². The average molecular weight is 564 g/mol. The summed E-state index contributed by atoms with van der Waals surface area (Å²) in [5.74, 6) is 0.414. The Morgan fingerprint density at radius 2 is 1.85 bits per heavy atom. The van der Waals surface area contributed by atoms with Gasteiger partial charge in [0.2, 0.25) is 11.8 Å². The summed E-state index contributed by atoms with van der Waals surface area (Å²) in [5.41, 5.74) is 2.42. The molecule has 0 radical (unpaired) electrons. The summed E-state index contributed by atoms with van der Waals surface area (Å²) in [6.07, 6.45) is 5.38. The summed E-state index contributed by atoms with van der Waals surface area (Å²) in [6.45, 7) is 3.34. The van der Waals surface area contributed by atoms with Gasteiger partial charge in [-0.05, 0) is 60.9 Å². The molecule has 1 N–H and O–H groups in total. The molecule has 1 aliphatic heterocycles. The number of anilines is 1. The Kier molecular flexibility index (Phi) is 10.9. The fourth-order valence-electron chi connectivity index (χ4n) is 4.18. The SMILES string of the molecule is CCCCCCOc1ccc(NC(=O)C2CC(=O)N(CCc3ccccc3)C(=Nc3cccc(Cl)c3)S2)cc1. The number of carbonyl (C=O) groups is 2. The highest BCUT2D eigenvalue weighted by atomic mass is 35.5. The zero-order chi connectivity index (χ0) is 27.5. The van der Waals surface area contributed by atoms with E-state index in [1.165, 1.54) is 24.6 Å². The lowest BCUT2D eigenvalue weighted by Crippen LogP contribution is -2.46. The van der Waals surface area contributed by atoms with Gasteiger partial charge in [-0.25, -0.2) is 4.99 Å². The molecule has 2 amide bonds. The average Bonchev–Trinajstić information content (AvgIpc) is 2.94. The quantitative estimate of drug-likeness (QED) is 0.232. The number of thioether (sulfide) groups is 1. The van der Waals surface area contributed by atoms with Crippen molar-refractivity contribution < 1.29 is 14.3 Å². The maximum absolute atomic E-state index is 13.3. The Morgan fingerprint density at radius 1 is 1.05 bits per heavy atom. The Morgan fingerprint density at radius 3 is 2.59 bits per heavy atom. The fourth-order valence-corrected chi connectivity index (χ4v) is 5.49. The minimum absolute atomic E-state index is 0.0960. The molecule has 39 heavy (non-hydrogen) atoms. The molecule has 0 spiro atoms. The Labute approximate surface area is 239 Å². The van der Waals surface area contributed by atoms with Crippen molar-refractivity contribution in [1.82, 2.24) is 4.90 Å². The Hall–Kier alpha value is -3.29. The molecule has 0 saturated carbocycles. The van der Waals surface area contributed by atoms with E-state index in [1.54, 1.807) is 17.0 Å². The zero-order valence-electron chi connectivity index (χ0n) is 22.1. The first-order chi connectivity index (χ1) is 19.0. The lowest BCUT2D eigenvalue weighted by atomic mass is 10.1. The topological polar surface area (TPSA) is 71.0 Å². The van der Waals surface area contributed by atoms with E-state index in [0.717, 1.165) is 24.2 Å². The van der Waals surface area contributed by atoms with Crippen LogP contribution < -0.4 is 10.1 Å². The summed E-state index contributed by atoms with van der Waals surface area (Å²) in [6, 6.07) is 24.5. The first-order valence-electron chi connectivity index (χ1n) is 13.4. The van der Waals surface area contributed by atoms with E-state index in [0.29, 0.717) is 41.1 Å². The molecule has 1 heterocycles. The fraction of sp³-hybridized carbons (Fsp3) is 0.323. The number of nitrogens with zero attached hydrogens (tertiary/aromatic N) is 2. The first-order valence-corrected chi connectivity index (χ1v) is 14.7. The van der Waals surface area contributed by atoms with Crippen molar-refractivity contribution in [3.8, 4) is 5.75 Å². The van der Waals surface area contributed by atoms with Crippen LogP contribution in [-0.2, 0) is 16.0 Å². The summed E-state index contributed by atoms with van der Waals surface area (Å²) >= 11 is 7.47. The van der Waals surface area contributed by atoms with Crippen molar-refractivity contribution in [1.29, 1.82) is 0 Å². The maximum atomic E-state index is 13.3. The Balaban J connectivity index is 1.42. The van der Waals surface area contributed by atoms with Crippen LogP contribution in [0.3, 0.4) is 0 Å². The third-order valence-electron chi connectivity index (χ3n) is 6.32. The highest BCUT2D eigenvalue weighted by Gasteiger charge is 2.35. The van der Waals surface area contributed by atoms with E-state index < -0.39 is 5.25 Å². The van der Waals surface area contributed by atoms with Crippen LogP contribution >= 0.6 is 23.4 Å². The van der Waals surface area contributed by atoms with Gasteiger partial charge in [-0.3, -0.25) is 14.5 Å². The van der Waals surface area contributed by atoms with E-state index in [9.17, 15) is 9.59 Å². The molecular weight excluding hydrogens is 530 g/mol. The van der Waals surface area contributed by atoms with Crippen LogP contribution in [0.4, 0.5) is 11.4 Å². The van der Waals surface area contributed by atoms with Gasteiger partial charge in [0.05, 0.1) is 12.3 Å². The molecule has 1 atom stereocenters. The molecule has 1 unspecified atom stereocenters. The van der Waals surface area contributed by atoms with Crippen LogP contribution in [-0.4, -0.2) is 40.3 Å². The van der Waals surface area contributed by atoms with Crippen LogP contribution in [0.15, 0.2) is 83.9 Å². The predicted octanol–water partition coefficient (Wildman–Crippen LogP) is 7.50. The number of carbonyl (C=O) groups excluding carboxylic acids is 2. The van der Waals surface area contributed by atoms with Gasteiger partial charge < -0.3 is 10.1 Å². The van der Waals surface area contributed by atoms with E-state index in [4.69, 9.17) is 21.3 Å². The van der Waals surface area contributed by atoms with Crippen molar-refractivity contribution >= 4 is 51.7 Å². The van der Waals surface area contributed by atoms with E-state index >= 15 is 0 Å². The number of benzene rings is 3. The second kappa shape index (κ2) is 14.8. The number of aliphatic imine (C=N–C) groups is 1. The van der Waals surface area contributed by atoms with Gasteiger partial charge in [0.1, 0.15) is 11.0 Å². The number of hydrogen-bond acceptors (Lipinski definition) is 5. The summed E-state index contributed by atoms with van der Waals surface area (Å²) in [4.78, 5) is 32.9. The van der Waals surface area contributed by atoms with Gasteiger partial charge in [-0.2, -0.15) is 0 Å². The highest BCUT2D eigenvalue weighted by Crippen LogP contribution is 2.31. The number of ether oxygens (including phenoxy) is 1. The largest absolute Gasteiger partial charge is 0.494 e. The van der Waals surface area contributed by atoms with Gasteiger partial charge in [-0.1, -0.05) is 85.9 Å². The van der Waals surface area contributed by atoms with Crippen molar-refractivity contribution in [3.63, 3.8) is 0 Å². The third-order valence-corrected chi connectivity index (χ3v) is 7.74. The molecule has 3 aromatic carbocycles. The summed E-state index contributed by atoms with van der Waals surface area (Å²) in [7, 11) is 0. The molecule has 8 heteroatoms. The molecule has 4 rings (SSSR count). The lowest BCUT2D eigenvalue weighted by molar-refractivity contribution is -0.129. The van der Waals surface area contributed by atoms with Gasteiger partial charge in [0.25, 0.3) is 0 Å². The molecule has 0 aromatic heterocycles. The number of nitrogens with one attached hydrogen (secondary N) is 1. The molecule has 204 valence electrons. The van der Waals surface area contributed by atoms with Crippen molar-refractivity contribution in [2.75, 3.05) is 18.5 Å². The smallest absolute Gasteiger partial charge is 0.238 e. The van der Waals surface area contributed by atoms with E-state index in [2.05, 4.69) is 12.2 Å². The molecule has 1 aliphatic rings. The molecule has 1 fully saturated rings. The molecule has 1 saturated heterocycles. The van der Waals surface area contributed by atoms with Crippen LogP contribution in [0.5, 0.6) is 5.75 Å². The van der Waals surface area contributed by atoms with Gasteiger partial charge in [-0.15, -0.1) is 0 Å². The van der Waals surface area contributed by atoms with E-state index in [-0.39, 0.29) is 18.2 Å². The minimum atomic E-state index is -0.599. The van der Waals surface area contributed by atoms with Crippen LogP contribution in [0.2, 0.25) is 5.02 Å². The van der Waals surface area contributed by atoms with Gasteiger partial charge >= 0.3 is 0 Å². The molecule has 0 bridgehead atoms. The molecule has 6 nitrogen and oxygen atoms in total. The van der Waals surface area contributed by atoms with Gasteiger partial charge in [0.15, 0.2) is 5.17 Å². The standard InChI is InChI=1S/C31H34ClN3O3S/c1-2-3-4-8-20-38-27-16-14-25(15-17-27)33-30(37)28-22-29(36)35(19-18-23-10-6-5-7-11-23)31(39-28)34-26-13-9-12-24(32)21-26/h5-7,9-17,21,28H,2-4,8,18-20,22H2,1H3,(H,33,37). The zero-order valence-corrected chi connectivity index (χ0v) is 23.7. The third kappa shape index (κ3) is 8.87. The number of hydrogen-bond donors (Lipinski definition) is 1. The number of rotatable bonds is 12. The van der Waals surface area contributed by atoms with Crippen LogP contribution in [0.25, 0.3) is 0 Å². The second-order valence-corrected chi connectivity index (χ2v) is 11.0. The maximum Gasteiger partial charge on any atom is 0.238 e. The number of amides is 2. The molecule has 0 aliphatic carbocycles. The van der Waals surface area contributed by atoms with Gasteiger partial charge in [0, 0.05) is 23.7 Å². The first kappa shape index (κ1) is 28.7. The van der Waals surface area contributed by atoms with Crippen molar-refractivity contribution in [2.24, 2.45) is 4.99 Å². The number of halogens is 1. The monoisotopic (exact) mass is 563 g/mol.